The van der Waals surface area contributed by atoms with E-state index in [1.54, 1.807) is 0 Å². The molecule has 2 rings (SSSR count). The molecule has 1 heterocycles. The summed E-state index contributed by atoms with van der Waals surface area (Å²) in [5.74, 6) is 1.70. The van der Waals surface area contributed by atoms with Crippen molar-refractivity contribution in [1.29, 1.82) is 0 Å². The molecule has 1 saturated heterocycles. The van der Waals surface area contributed by atoms with Crippen LogP contribution in [-0.2, 0) is 4.79 Å². The summed E-state index contributed by atoms with van der Waals surface area (Å²) in [6.45, 7) is 10.5. The van der Waals surface area contributed by atoms with Crippen LogP contribution in [0.3, 0.4) is 0 Å². The minimum Gasteiger partial charge on any atom is -0.338 e. The van der Waals surface area contributed by atoms with Crippen LogP contribution >= 0.6 is 0 Å². The summed E-state index contributed by atoms with van der Waals surface area (Å²) >= 11 is 0. The molecular formula is C15H28N2O. The quantitative estimate of drug-likeness (QED) is 0.750. The molecule has 0 aromatic heterocycles. The second-order valence-electron chi connectivity index (χ2n) is 6.65. The summed E-state index contributed by atoms with van der Waals surface area (Å²) in [6.07, 6.45) is 5.01. The predicted molar refractivity (Wildman–Crippen MR) is 74.4 cm³/mol. The molecule has 0 spiro atoms. The fourth-order valence-corrected chi connectivity index (χ4v) is 2.95. The van der Waals surface area contributed by atoms with E-state index < -0.39 is 0 Å². The zero-order valence-corrected chi connectivity index (χ0v) is 12.2. The van der Waals surface area contributed by atoms with Gasteiger partial charge in [-0.1, -0.05) is 20.8 Å². The summed E-state index contributed by atoms with van der Waals surface area (Å²) in [7, 11) is 0. The van der Waals surface area contributed by atoms with E-state index in [4.69, 9.17) is 0 Å². The largest absolute Gasteiger partial charge is 0.338 e. The van der Waals surface area contributed by atoms with Crippen molar-refractivity contribution in [3.8, 4) is 0 Å². The number of carbonyl (C=O) groups excluding carboxylic acids is 1. The smallest absolute Gasteiger partial charge is 0.237 e. The van der Waals surface area contributed by atoms with E-state index in [9.17, 15) is 4.79 Å². The minimum atomic E-state index is 0.361. The standard InChI is InChI=1S/C15H28N2O/c1-12(2)9-17(14-6-7-14)15(18)11-16-8-4-5-13(3)10-16/h12-14H,4-11H2,1-3H3. The number of likely N-dealkylation sites (tertiary alicyclic amines) is 1. The third kappa shape index (κ3) is 3.98. The third-order valence-electron chi connectivity index (χ3n) is 3.97. The number of carbonyl (C=O) groups is 1. The molecule has 1 saturated carbocycles. The number of nitrogens with zero attached hydrogens (tertiary/aromatic N) is 2. The van der Waals surface area contributed by atoms with Crippen molar-refractivity contribution in [2.24, 2.45) is 11.8 Å². The predicted octanol–water partition coefficient (Wildman–Crippen LogP) is 2.37. The van der Waals surface area contributed by atoms with Crippen LogP contribution < -0.4 is 0 Å². The zero-order chi connectivity index (χ0) is 13.1. The number of piperidine rings is 1. The average Bonchev–Trinajstić information content (AvgIpc) is 3.09. The number of rotatable bonds is 5. The molecule has 1 aliphatic heterocycles. The van der Waals surface area contributed by atoms with Gasteiger partial charge in [0.1, 0.15) is 0 Å². The first-order valence-corrected chi connectivity index (χ1v) is 7.58. The first-order valence-electron chi connectivity index (χ1n) is 7.58. The SMILES string of the molecule is CC(C)CN(C(=O)CN1CCCC(C)C1)C1CC1. The molecule has 0 aromatic carbocycles. The molecule has 1 aliphatic carbocycles. The van der Waals surface area contributed by atoms with Crippen LogP contribution in [0, 0.1) is 11.8 Å². The zero-order valence-electron chi connectivity index (χ0n) is 12.2. The normalized spacial score (nSPS) is 25.4. The van der Waals surface area contributed by atoms with Gasteiger partial charge in [0.2, 0.25) is 5.91 Å². The van der Waals surface area contributed by atoms with Crippen molar-refractivity contribution in [3.63, 3.8) is 0 Å². The topological polar surface area (TPSA) is 23.6 Å². The van der Waals surface area contributed by atoms with Crippen molar-refractivity contribution < 1.29 is 4.79 Å². The van der Waals surface area contributed by atoms with Gasteiger partial charge in [-0.25, -0.2) is 0 Å². The second kappa shape index (κ2) is 6.05. The van der Waals surface area contributed by atoms with Crippen LogP contribution in [0.4, 0.5) is 0 Å². The maximum absolute atomic E-state index is 12.4. The highest BCUT2D eigenvalue weighted by Gasteiger charge is 2.33. The Kier molecular flexibility index (Phi) is 4.66. The lowest BCUT2D eigenvalue weighted by molar-refractivity contribution is -0.134. The van der Waals surface area contributed by atoms with Crippen LogP contribution in [0.25, 0.3) is 0 Å². The maximum Gasteiger partial charge on any atom is 0.237 e. The lowest BCUT2D eigenvalue weighted by atomic mass is 10.0. The number of amides is 1. The Morgan fingerprint density at radius 2 is 2.06 bits per heavy atom. The molecule has 2 aliphatic rings. The highest BCUT2D eigenvalue weighted by atomic mass is 16.2. The maximum atomic E-state index is 12.4. The van der Waals surface area contributed by atoms with Crippen LogP contribution in [0.5, 0.6) is 0 Å². The first-order chi connectivity index (χ1) is 8.56. The second-order valence-corrected chi connectivity index (χ2v) is 6.65. The Hall–Kier alpha value is -0.570. The monoisotopic (exact) mass is 252 g/mol. The number of hydrogen-bond donors (Lipinski definition) is 0. The Morgan fingerprint density at radius 3 is 2.61 bits per heavy atom. The molecule has 0 radical (unpaired) electrons. The van der Waals surface area contributed by atoms with E-state index in [-0.39, 0.29) is 0 Å². The van der Waals surface area contributed by atoms with Gasteiger partial charge in [-0.2, -0.15) is 0 Å². The molecule has 2 fully saturated rings. The summed E-state index contributed by atoms with van der Waals surface area (Å²) < 4.78 is 0. The highest BCUT2D eigenvalue weighted by Crippen LogP contribution is 2.28. The van der Waals surface area contributed by atoms with Crippen molar-refractivity contribution in [1.82, 2.24) is 9.80 Å². The Morgan fingerprint density at radius 1 is 1.33 bits per heavy atom. The molecular weight excluding hydrogens is 224 g/mol. The van der Waals surface area contributed by atoms with Crippen molar-refractivity contribution in [2.75, 3.05) is 26.2 Å². The molecule has 0 aromatic rings. The summed E-state index contributed by atoms with van der Waals surface area (Å²) in [5, 5.41) is 0. The molecule has 1 atom stereocenters. The Bertz CT molecular complexity index is 286. The highest BCUT2D eigenvalue weighted by molar-refractivity contribution is 5.79. The lowest BCUT2D eigenvalue weighted by Crippen LogP contribution is -2.45. The third-order valence-corrected chi connectivity index (χ3v) is 3.97. The van der Waals surface area contributed by atoms with Gasteiger partial charge in [0.25, 0.3) is 0 Å². The van der Waals surface area contributed by atoms with Gasteiger partial charge in [0.15, 0.2) is 0 Å². The van der Waals surface area contributed by atoms with Crippen molar-refractivity contribution in [2.45, 2.75) is 52.5 Å². The van der Waals surface area contributed by atoms with Crippen molar-refractivity contribution >= 4 is 5.91 Å². The van der Waals surface area contributed by atoms with Gasteiger partial charge in [-0.3, -0.25) is 9.69 Å². The van der Waals surface area contributed by atoms with Crippen LogP contribution in [0.15, 0.2) is 0 Å². The molecule has 104 valence electrons. The molecule has 18 heavy (non-hydrogen) atoms. The van der Waals surface area contributed by atoms with Gasteiger partial charge in [-0.15, -0.1) is 0 Å². The first kappa shape index (κ1) is 13.9. The van der Waals surface area contributed by atoms with Crippen LogP contribution in [0.2, 0.25) is 0 Å². The van der Waals surface area contributed by atoms with E-state index in [0.29, 0.717) is 24.4 Å². The summed E-state index contributed by atoms with van der Waals surface area (Å²) in [5.41, 5.74) is 0. The fraction of sp³-hybridized carbons (Fsp3) is 0.933. The number of hydrogen-bond acceptors (Lipinski definition) is 2. The molecule has 0 bridgehead atoms. The van der Waals surface area contributed by atoms with Gasteiger partial charge in [0, 0.05) is 19.1 Å². The molecule has 1 unspecified atom stereocenters. The summed E-state index contributed by atoms with van der Waals surface area (Å²) in [6, 6.07) is 0.558. The van der Waals surface area contributed by atoms with E-state index in [2.05, 4.69) is 30.6 Å². The molecule has 0 N–H and O–H groups in total. The van der Waals surface area contributed by atoms with E-state index in [0.717, 1.165) is 25.6 Å². The summed E-state index contributed by atoms with van der Waals surface area (Å²) in [4.78, 5) is 16.9. The minimum absolute atomic E-state index is 0.361. The van der Waals surface area contributed by atoms with E-state index >= 15 is 0 Å². The van der Waals surface area contributed by atoms with Gasteiger partial charge >= 0.3 is 0 Å². The molecule has 3 nitrogen and oxygen atoms in total. The molecule has 3 heteroatoms. The fourth-order valence-electron chi connectivity index (χ4n) is 2.95. The van der Waals surface area contributed by atoms with Gasteiger partial charge in [0.05, 0.1) is 6.54 Å². The van der Waals surface area contributed by atoms with Gasteiger partial charge < -0.3 is 4.90 Å². The van der Waals surface area contributed by atoms with Crippen molar-refractivity contribution in [3.05, 3.63) is 0 Å². The average molecular weight is 252 g/mol. The van der Waals surface area contributed by atoms with E-state index in [1.807, 2.05) is 0 Å². The Balaban J connectivity index is 1.84. The van der Waals surface area contributed by atoms with Crippen LogP contribution in [0.1, 0.15) is 46.5 Å². The lowest BCUT2D eigenvalue weighted by Gasteiger charge is -2.33. The van der Waals surface area contributed by atoms with E-state index in [1.165, 1.54) is 25.7 Å². The molecule has 1 amide bonds. The Labute approximate surface area is 112 Å². The van der Waals surface area contributed by atoms with Gasteiger partial charge in [-0.05, 0) is 44.1 Å². The van der Waals surface area contributed by atoms with Crippen LogP contribution in [-0.4, -0.2) is 47.9 Å².